The number of rotatable bonds is 7. The van der Waals surface area contributed by atoms with E-state index in [4.69, 9.17) is 15.2 Å². The molecule has 0 spiro atoms. The van der Waals surface area contributed by atoms with E-state index < -0.39 is 0 Å². The van der Waals surface area contributed by atoms with E-state index in [1.807, 2.05) is 54.6 Å². The minimum Gasteiger partial charge on any atom is -0.493 e. The van der Waals surface area contributed by atoms with Crippen LogP contribution in [-0.2, 0) is 6.54 Å². The number of benzene rings is 2. The average molecular weight is 257 g/mol. The first-order valence-corrected chi connectivity index (χ1v) is 6.48. The van der Waals surface area contributed by atoms with Crippen LogP contribution in [0.15, 0.2) is 54.6 Å². The fourth-order valence-corrected chi connectivity index (χ4v) is 1.68. The molecule has 2 aromatic rings. The van der Waals surface area contributed by atoms with Crippen LogP contribution in [0.4, 0.5) is 0 Å². The molecule has 0 amide bonds. The number of para-hydroxylation sites is 1. The van der Waals surface area contributed by atoms with Crippen LogP contribution >= 0.6 is 0 Å². The van der Waals surface area contributed by atoms with Crippen LogP contribution in [0, 0.1) is 0 Å². The molecule has 0 heterocycles. The number of ether oxygens (including phenoxy) is 2. The zero-order valence-corrected chi connectivity index (χ0v) is 10.9. The Balaban J connectivity index is 1.63. The van der Waals surface area contributed by atoms with Gasteiger partial charge in [-0.3, -0.25) is 0 Å². The van der Waals surface area contributed by atoms with Gasteiger partial charge in [-0.25, -0.2) is 0 Å². The predicted molar refractivity (Wildman–Crippen MR) is 76.4 cm³/mol. The lowest BCUT2D eigenvalue weighted by Gasteiger charge is -2.08. The van der Waals surface area contributed by atoms with Crippen LogP contribution < -0.4 is 15.2 Å². The van der Waals surface area contributed by atoms with Gasteiger partial charge in [-0.2, -0.15) is 0 Å². The summed E-state index contributed by atoms with van der Waals surface area (Å²) in [5.74, 6) is 1.77. The van der Waals surface area contributed by atoms with Crippen molar-refractivity contribution < 1.29 is 9.47 Å². The molecule has 3 nitrogen and oxygen atoms in total. The van der Waals surface area contributed by atoms with Crippen LogP contribution in [-0.4, -0.2) is 13.2 Å². The molecule has 0 radical (unpaired) electrons. The highest BCUT2D eigenvalue weighted by Gasteiger charge is 1.95. The van der Waals surface area contributed by atoms with E-state index in [-0.39, 0.29) is 0 Å². The highest BCUT2D eigenvalue weighted by Crippen LogP contribution is 2.12. The summed E-state index contributed by atoms with van der Waals surface area (Å²) in [6, 6.07) is 17.7. The number of hydrogen-bond acceptors (Lipinski definition) is 3. The third-order valence-electron chi connectivity index (χ3n) is 2.73. The van der Waals surface area contributed by atoms with E-state index >= 15 is 0 Å². The van der Waals surface area contributed by atoms with Crippen molar-refractivity contribution in [3.8, 4) is 11.5 Å². The Hall–Kier alpha value is -2.00. The van der Waals surface area contributed by atoms with E-state index in [0.717, 1.165) is 23.5 Å². The molecule has 2 rings (SSSR count). The van der Waals surface area contributed by atoms with Crippen molar-refractivity contribution >= 4 is 0 Å². The molecule has 0 saturated heterocycles. The van der Waals surface area contributed by atoms with Crippen LogP contribution in [0.25, 0.3) is 0 Å². The SMILES string of the molecule is NCc1ccc(OCCCOc2ccccc2)cc1. The van der Waals surface area contributed by atoms with Crippen molar-refractivity contribution in [2.45, 2.75) is 13.0 Å². The second-order valence-electron chi connectivity index (χ2n) is 4.21. The summed E-state index contributed by atoms with van der Waals surface area (Å²) >= 11 is 0. The van der Waals surface area contributed by atoms with E-state index in [1.54, 1.807) is 0 Å². The fraction of sp³-hybridized carbons (Fsp3) is 0.250. The van der Waals surface area contributed by atoms with Crippen molar-refractivity contribution in [3.63, 3.8) is 0 Å². The van der Waals surface area contributed by atoms with Gasteiger partial charge in [-0.15, -0.1) is 0 Å². The lowest BCUT2D eigenvalue weighted by molar-refractivity contribution is 0.247. The molecule has 0 bridgehead atoms. The maximum Gasteiger partial charge on any atom is 0.119 e. The Kier molecular flexibility index (Phi) is 5.26. The first-order valence-electron chi connectivity index (χ1n) is 6.48. The quantitative estimate of drug-likeness (QED) is 0.775. The molecule has 100 valence electrons. The van der Waals surface area contributed by atoms with Crippen molar-refractivity contribution in [1.29, 1.82) is 0 Å². The fourth-order valence-electron chi connectivity index (χ4n) is 1.68. The molecule has 3 heteroatoms. The van der Waals surface area contributed by atoms with Crippen molar-refractivity contribution in [3.05, 3.63) is 60.2 Å². The molecule has 2 aromatic carbocycles. The van der Waals surface area contributed by atoms with Crippen molar-refractivity contribution in [2.24, 2.45) is 5.73 Å². The lowest BCUT2D eigenvalue weighted by atomic mass is 10.2. The van der Waals surface area contributed by atoms with Gasteiger partial charge >= 0.3 is 0 Å². The smallest absolute Gasteiger partial charge is 0.119 e. The van der Waals surface area contributed by atoms with Crippen molar-refractivity contribution in [2.75, 3.05) is 13.2 Å². The lowest BCUT2D eigenvalue weighted by Crippen LogP contribution is -2.05. The molecule has 0 aliphatic heterocycles. The minimum atomic E-state index is 0.561. The number of hydrogen-bond donors (Lipinski definition) is 1. The monoisotopic (exact) mass is 257 g/mol. The van der Waals surface area contributed by atoms with Gasteiger partial charge in [0, 0.05) is 13.0 Å². The first kappa shape index (κ1) is 13.4. The van der Waals surface area contributed by atoms with Gasteiger partial charge in [-0.05, 0) is 29.8 Å². The van der Waals surface area contributed by atoms with E-state index in [2.05, 4.69) is 0 Å². The van der Waals surface area contributed by atoms with Crippen LogP contribution in [0.1, 0.15) is 12.0 Å². The Labute approximate surface area is 114 Å². The summed E-state index contributed by atoms with van der Waals surface area (Å²) in [6.45, 7) is 1.87. The molecule has 0 aliphatic carbocycles. The Bertz CT molecular complexity index is 468. The van der Waals surface area contributed by atoms with Gasteiger partial charge in [0.25, 0.3) is 0 Å². The summed E-state index contributed by atoms with van der Waals surface area (Å²) < 4.78 is 11.2. The number of nitrogens with two attached hydrogens (primary N) is 1. The maximum atomic E-state index is 5.62. The Morgan fingerprint density at radius 2 is 1.32 bits per heavy atom. The standard InChI is InChI=1S/C16H19NO2/c17-13-14-7-9-16(10-8-14)19-12-4-11-18-15-5-2-1-3-6-15/h1-3,5-10H,4,11-13,17H2. The van der Waals surface area contributed by atoms with Gasteiger partial charge in [0.1, 0.15) is 11.5 Å². The third-order valence-corrected chi connectivity index (χ3v) is 2.73. The molecule has 0 atom stereocenters. The van der Waals surface area contributed by atoms with E-state index in [9.17, 15) is 0 Å². The van der Waals surface area contributed by atoms with E-state index in [1.165, 1.54) is 0 Å². The summed E-state index contributed by atoms with van der Waals surface area (Å²) in [6.07, 6.45) is 0.855. The van der Waals surface area contributed by atoms with Gasteiger partial charge in [0.05, 0.1) is 13.2 Å². The molecule has 19 heavy (non-hydrogen) atoms. The van der Waals surface area contributed by atoms with Gasteiger partial charge < -0.3 is 15.2 Å². The summed E-state index contributed by atoms with van der Waals surface area (Å²) in [5.41, 5.74) is 6.65. The largest absolute Gasteiger partial charge is 0.493 e. The molecule has 0 fully saturated rings. The Morgan fingerprint density at radius 3 is 1.89 bits per heavy atom. The zero-order valence-electron chi connectivity index (χ0n) is 10.9. The molecular weight excluding hydrogens is 238 g/mol. The third kappa shape index (κ3) is 4.64. The van der Waals surface area contributed by atoms with Crippen molar-refractivity contribution in [1.82, 2.24) is 0 Å². The summed E-state index contributed by atoms with van der Waals surface area (Å²) in [5, 5.41) is 0. The molecule has 0 aromatic heterocycles. The van der Waals surface area contributed by atoms with Crippen LogP contribution in [0.5, 0.6) is 11.5 Å². The Morgan fingerprint density at radius 1 is 0.737 bits per heavy atom. The second kappa shape index (κ2) is 7.44. The first-order chi connectivity index (χ1) is 9.38. The highest BCUT2D eigenvalue weighted by atomic mass is 16.5. The summed E-state index contributed by atoms with van der Waals surface area (Å²) in [7, 11) is 0. The van der Waals surface area contributed by atoms with Gasteiger partial charge in [0.2, 0.25) is 0 Å². The van der Waals surface area contributed by atoms with Crippen LogP contribution in [0.3, 0.4) is 0 Å². The summed E-state index contributed by atoms with van der Waals surface area (Å²) in [4.78, 5) is 0. The highest BCUT2D eigenvalue weighted by molar-refractivity contribution is 5.27. The van der Waals surface area contributed by atoms with Crippen LogP contribution in [0.2, 0.25) is 0 Å². The molecule has 0 saturated carbocycles. The predicted octanol–water partition coefficient (Wildman–Crippen LogP) is 2.99. The topological polar surface area (TPSA) is 44.5 Å². The maximum absolute atomic E-state index is 5.62. The molecular formula is C16H19NO2. The van der Waals surface area contributed by atoms with Gasteiger partial charge in [-0.1, -0.05) is 30.3 Å². The van der Waals surface area contributed by atoms with Gasteiger partial charge in [0.15, 0.2) is 0 Å². The molecule has 2 N–H and O–H groups in total. The zero-order chi connectivity index (χ0) is 13.3. The second-order valence-corrected chi connectivity index (χ2v) is 4.21. The minimum absolute atomic E-state index is 0.561. The van der Waals surface area contributed by atoms with E-state index in [0.29, 0.717) is 19.8 Å². The average Bonchev–Trinajstić information content (AvgIpc) is 2.49. The normalized spacial score (nSPS) is 10.2. The molecule has 0 unspecified atom stereocenters. The molecule has 0 aliphatic rings.